The van der Waals surface area contributed by atoms with E-state index < -0.39 is 10.5 Å². The summed E-state index contributed by atoms with van der Waals surface area (Å²) in [5.41, 5.74) is 4.95. The van der Waals surface area contributed by atoms with Crippen molar-refractivity contribution in [3.63, 3.8) is 0 Å². The second-order valence-electron chi connectivity index (χ2n) is 3.94. The molecular weight excluding hydrogens is 230 g/mol. The van der Waals surface area contributed by atoms with Gasteiger partial charge in [0.25, 0.3) is 5.91 Å². The van der Waals surface area contributed by atoms with Crippen LogP contribution >= 0.6 is 11.3 Å². The summed E-state index contributed by atoms with van der Waals surface area (Å²) in [6.07, 6.45) is 0. The molecule has 0 atom stereocenters. The molecule has 3 N–H and O–H groups in total. The van der Waals surface area contributed by atoms with Crippen molar-refractivity contribution in [2.75, 3.05) is 6.54 Å². The number of carbonyl (C=O) groups excluding carboxylic acids is 1. The van der Waals surface area contributed by atoms with Gasteiger partial charge in [0.15, 0.2) is 0 Å². The lowest BCUT2D eigenvalue weighted by molar-refractivity contribution is -0.380. The van der Waals surface area contributed by atoms with E-state index in [4.69, 9.17) is 5.73 Å². The number of thiophene rings is 1. The predicted octanol–water partition coefficient (Wildman–Crippen LogP) is 1.12. The second-order valence-corrected chi connectivity index (χ2v) is 5.00. The highest BCUT2D eigenvalue weighted by atomic mass is 32.1. The highest BCUT2D eigenvalue weighted by molar-refractivity contribution is 7.17. The van der Waals surface area contributed by atoms with Gasteiger partial charge in [-0.15, -0.1) is 0 Å². The topological polar surface area (TPSA) is 98.3 Å². The molecule has 0 unspecified atom stereocenters. The lowest BCUT2D eigenvalue weighted by Crippen LogP contribution is -2.48. The number of carbonyl (C=O) groups is 1. The highest BCUT2D eigenvalue weighted by Crippen LogP contribution is 2.24. The van der Waals surface area contributed by atoms with Gasteiger partial charge in [0.1, 0.15) is 0 Å². The first-order valence-corrected chi connectivity index (χ1v) is 5.44. The minimum Gasteiger partial charge on any atom is -0.345 e. The molecule has 0 aliphatic heterocycles. The Hall–Kier alpha value is -1.47. The molecule has 0 bridgehead atoms. The van der Waals surface area contributed by atoms with Gasteiger partial charge in [-0.1, -0.05) is 11.3 Å². The van der Waals surface area contributed by atoms with Crippen LogP contribution in [0.15, 0.2) is 12.1 Å². The van der Waals surface area contributed by atoms with Gasteiger partial charge in [-0.2, -0.15) is 0 Å². The lowest BCUT2D eigenvalue weighted by atomic mass is 10.1. The van der Waals surface area contributed by atoms with E-state index in [1.807, 2.05) is 0 Å². The minimum absolute atomic E-state index is 0.0456. The molecular formula is C9H13N3O3S. The summed E-state index contributed by atoms with van der Waals surface area (Å²) in [5, 5.41) is 13.1. The van der Waals surface area contributed by atoms with E-state index in [1.165, 1.54) is 12.1 Å². The van der Waals surface area contributed by atoms with Crippen molar-refractivity contribution in [3.8, 4) is 0 Å². The van der Waals surface area contributed by atoms with Crippen LogP contribution in [0.5, 0.6) is 0 Å². The summed E-state index contributed by atoms with van der Waals surface area (Å²) >= 11 is 0.848. The molecule has 1 aromatic rings. The molecule has 0 aliphatic carbocycles. The van der Waals surface area contributed by atoms with Crippen molar-refractivity contribution < 1.29 is 9.72 Å². The van der Waals surface area contributed by atoms with Crippen molar-refractivity contribution >= 4 is 22.2 Å². The van der Waals surface area contributed by atoms with E-state index in [0.29, 0.717) is 11.4 Å². The summed E-state index contributed by atoms with van der Waals surface area (Å²) in [6, 6.07) is 2.75. The van der Waals surface area contributed by atoms with Crippen LogP contribution in [0.25, 0.3) is 0 Å². The summed E-state index contributed by atoms with van der Waals surface area (Å²) in [6.45, 7) is 3.87. The predicted molar refractivity (Wildman–Crippen MR) is 61.6 cm³/mol. The van der Waals surface area contributed by atoms with Crippen LogP contribution in [-0.4, -0.2) is 22.9 Å². The molecule has 1 rings (SSSR count). The summed E-state index contributed by atoms with van der Waals surface area (Å²) in [5.74, 6) is -0.339. The molecule has 1 heterocycles. The van der Waals surface area contributed by atoms with Gasteiger partial charge < -0.3 is 11.1 Å². The van der Waals surface area contributed by atoms with Crippen LogP contribution < -0.4 is 11.1 Å². The Morgan fingerprint density at radius 1 is 1.62 bits per heavy atom. The maximum absolute atomic E-state index is 11.7. The summed E-state index contributed by atoms with van der Waals surface area (Å²) in [7, 11) is 0. The van der Waals surface area contributed by atoms with Crippen molar-refractivity contribution in [1.29, 1.82) is 0 Å². The SMILES string of the molecule is CC(C)(CN)NC(=O)c1ccc([N+](=O)[O-])s1. The Labute approximate surface area is 96.6 Å². The first-order valence-electron chi connectivity index (χ1n) is 4.62. The quantitative estimate of drug-likeness (QED) is 0.611. The first-order chi connectivity index (χ1) is 7.35. The first kappa shape index (κ1) is 12.6. The van der Waals surface area contributed by atoms with E-state index in [-0.39, 0.29) is 10.9 Å². The number of nitrogens with two attached hydrogens (primary N) is 1. The zero-order chi connectivity index (χ0) is 12.3. The molecule has 0 saturated carbocycles. The number of nitro groups is 1. The molecule has 0 aromatic carbocycles. The van der Waals surface area contributed by atoms with Crippen molar-refractivity contribution in [2.24, 2.45) is 5.73 Å². The van der Waals surface area contributed by atoms with Gasteiger partial charge in [-0.3, -0.25) is 14.9 Å². The van der Waals surface area contributed by atoms with Crippen molar-refractivity contribution in [1.82, 2.24) is 5.32 Å². The molecule has 7 heteroatoms. The average Bonchev–Trinajstić information content (AvgIpc) is 2.66. The van der Waals surface area contributed by atoms with E-state index in [1.54, 1.807) is 13.8 Å². The number of nitrogens with one attached hydrogen (secondary N) is 1. The number of nitrogens with zero attached hydrogens (tertiary/aromatic N) is 1. The van der Waals surface area contributed by atoms with Gasteiger partial charge in [-0.05, 0) is 19.9 Å². The Bertz CT molecular complexity index is 414. The Kier molecular flexibility index (Phi) is 3.61. The normalized spacial score (nSPS) is 11.2. The molecule has 0 spiro atoms. The zero-order valence-electron chi connectivity index (χ0n) is 9.02. The molecule has 0 fully saturated rings. The van der Waals surface area contributed by atoms with Crippen LogP contribution in [0.4, 0.5) is 5.00 Å². The maximum atomic E-state index is 11.7. The van der Waals surface area contributed by atoms with Crippen LogP contribution in [0.1, 0.15) is 23.5 Å². The van der Waals surface area contributed by atoms with Crippen molar-refractivity contribution in [2.45, 2.75) is 19.4 Å². The fourth-order valence-corrected chi connectivity index (χ4v) is 1.68. The molecule has 1 amide bonds. The van der Waals surface area contributed by atoms with E-state index in [2.05, 4.69) is 5.32 Å². The van der Waals surface area contributed by atoms with E-state index >= 15 is 0 Å². The Morgan fingerprint density at radius 3 is 2.69 bits per heavy atom. The Balaban J connectivity index is 2.77. The van der Waals surface area contributed by atoms with Gasteiger partial charge in [0, 0.05) is 18.2 Å². The lowest BCUT2D eigenvalue weighted by Gasteiger charge is -2.23. The van der Waals surface area contributed by atoms with Gasteiger partial charge in [-0.25, -0.2) is 0 Å². The average molecular weight is 243 g/mol. The third-order valence-electron chi connectivity index (χ3n) is 1.96. The molecule has 88 valence electrons. The number of amides is 1. The number of hydrogen-bond acceptors (Lipinski definition) is 5. The largest absolute Gasteiger partial charge is 0.345 e. The van der Waals surface area contributed by atoms with E-state index in [0.717, 1.165) is 11.3 Å². The number of hydrogen-bond donors (Lipinski definition) is 2. The number of rotatable bonds is 4. The molecule has 1 aromatic heterocycles. The fourth-order valence-electron chi connectivity index (χ4n) is 0.968. The fraction of sp³-hybridized carbons (Fsp3) is 0.444. The molecule has 6 nitrogen and oxygen atoms in total. The van der Waals surface area contributed by atoms with Gasteiger partial charge in [0.05, 0.1) is 9.80 Å². The van der Waals surface area contributed by atoms with Gasteiger partial charge >= 0.3 is 5.00 Å². The van der Waals surface area contributed by atoms with Crippen LogP contribution in [0.2, 0.25) is 0 Å². The second kappa shape index (κ2) is 4.58. The van der Waals surface area contributed by atoms with Gasteiger partial charge in [0.2, 0.25) is 0 Å². The van der Waals surface area contributed by atoms with Crippen LogP contribution in [0.3, 0.4) is 0 Å². The minimum atomic E-state index is -0.518. The monoisotopic (exact) mass is 243 g/mol. The zero-order valence-corrected chi connectivity index (χ0v) is 9.84. The highest BCUT2D eigenvalue weighted by Gasteiger charge is 2.21. The maximum Gasteiger partial charge on any atom is 0.324 e. The summed E-state index contributed by atoms with van der Waals surface area (Å²) < 4.78 is 0. The third kappa shape index (κ3) is 3.01. The van der Waals surface area contributed by atoms with E-state index in [9.17, 15) is 14.9 Å². The molecule has 0 saturated heterocycles. The van der Waals surface area contributed by atoms with Crippen molar-refractivity contribution in [3.05, 3.63) is 27.1 Å². The summed E-state index contributed by atoms with van der Waals surface area (Å²) in [4.78, 5) is 21.9. The molecule has 0 radical (unpaired) electrons. The smallest absolute Gasteiger partial charge is 0.324 e. The van der Waals surface area contributed by atoms with Crippen LogP contribution in [0, 0.1) is 10.1 Å². The Morgan fingerprint density at radius 2 is 2.25 bits per heavy atom. The molecule has 16 heavy (non-hydrogen) atoms. The standard InChI is InChI=1S/C9H13N3O3S/c1-9(2,5-10)11-8(13)6-3-4-7(16-6)12(14)15/h3-4H,5,10H2,1-2H3,(H,11,13). The van der Waals surface area contributed by atoms with Crippen LogP contribution in [-0.2, 0) is 0 Å². The molecule has 0 aliphatic rings. The third-order valence-corrected chi connectivity index (χ3v) is 2.99.